The fourth-order valence-electron chi connectivity index (χ4n) is 1.32. The molecular formula is C10H19NS. The lowest BCUT2D eigenvalue weighted by atomic mass is 10.1. The minimum Gasteiger partial charge on any atom is -0.313 e. The smallest absolute Gasteiger partial charge is 0.0161 e. The van der Waals surface area contributed by atoms with E-state index in [1.165, 1.54) is 30.0 Å². The van der Waals surface area contributed by atoms with Crippen LogP contribution in [-0.2, 0) is 0 Å². The third kappa shape index (κ3) is 3.63. The molecule has 0 spiro atoms. The maximum absolute atomic E-state index is 3.97. The number of hydrogen-bond donors (Lipinski definition) is 1. The second-order valence-electron chi connectivity index (χ2n) is 3.46. The molecule has 1 heterocycles. The third-order valence-corrected chi connectivity index (χ3v) is 3.56. The maximum atomic E-state index is 3.97. The van der Waals surface area contributed by atoms with Crippen LogP contribution in [0.4, 0.5) is 0 Å². The van der Waals surface area contributed by atoms with Gasteiger partial charge in [0, 0.05) is 6.54 Å². The molecule has 0 radical (unpaired) electrons. The summed E-state index contributed by atoms with van der Waals surface area (Å²) in [6.07, 6.45) is 2.50. The molecule has 70 valence electrons. The number of rotatable bonds is 5. The first kappa shape index (κ1) is 10.1. The highest BCUT2D eigenvalue weighted by molar-refractivity contribution is 7.99. The predicted molar refractivity (Wildman–Crippen MR) is 57.7 cm³/mol. The molecule has 1 unspecified atom stereocenters. The second kappa shape index (κ2) is 5.65. The van der Waals surface area contributed by atoms with Crippen molar-refractivity contribution in [1.29, 1.82) is 0 Å². The van der Waals surface area contributed by atoms with Crippen molar-refractivity contribution in [2.45, 2.75) is 19.8 Å². The zero-order valence-electron chi connectivity index (χ0n) is 7.94. The van der Waals surface area contributed by atoms with E-state index in [4.69, 9.17) is 0 Å². The normalized spacial score (nSPS) is 22.9. The van der Waals surface area contributed by atoms with Crippen LogP contribution in [0.25, 0.3) is 0 Å². The Kier molecular flexibility index (Phi) is 4.77. The van der Waals surface area contributed by atoms with E-state index in [2.05, 4.69) is 30.6 Å². The Labute approximate surface area is 80.0 Å². The van der Waals surface area contributed by atoms with Crippen molar-refractivity contribution in [1.82, 2.24) is 5.32 Å². The highest BCUT2D eigenvalue weighted by Gasteiger charge is 2.14. The molecule has 0 aromatic rings. The molecule has 0 bridgehead atoms. The van der Waals surface area contributed by atoms with Gasteiger partial charge in [0.2, 0.25) is 0 Å². The molecule has 1 N–H and O–H groups in total. The first-order chi connectivity index (χ1) is 5.83. The molecule has 0 amide bonds. The fourth-order valence-corrected chi connectivity index (χ4v) is 2.61. The van der Waals surface area contributed by atoms with Crippen LogP contribution in [0.2, 0.25) is 0 Å². The Morgan fingerprint density at radius 1 is 1.67 bits per heavy atom. The largest absolute Gasteiger partial charge is 0.313 e. The average Bonchev–Trinajstić information content (AvgIpc) is 2.57. The second-order valence-corrected chi connectivity index (χ2v) is 4.61. The van der Waals surface area contributed by atoms with Gasteiger partial charge in [-0.2, -0.15) is 11.8 Å². The summed E-state index contributed by atoms with van der Waals surface area (Å²) in [6, 6.07) is 0. The minimum absolute atomic E-state index is 0.916. The summed E-state index contributed by atoms with van der Waals surface area (Å²) < 4.78 is 0. The SMILES string of the molecule is C=C(CC)CNCC1CCSC1. The molecule has 0 aromatic heterocycles. The standard InChI is InChI=1S/C10H19NS/c1-3-9(2)6-11-7-10-4-5-12-8-10/h10-11H,2-8H2,1H3. The Balaban J connectivity index is 1.97. The van der Waals surface area contributed by atoms with Gasteiger partial charge in [-0.3, -0.25) is 0 Å². The van der Waals surface area contributed by atoms with Gasteiger partial charge in [-0.05, 0) is 36.8 Å². The van der Waals surface area contributed by atoms with Crippen LogP contribution in [0.1, 0.15) is 19.8 Å². The molecule has 1 aliphatic heterocycles. The van der Waals surface area contributed by atoms with Crippen molar-refractivity contribution >= 4 is 11.8 Å². The van der Waals surface area contributed by atoms with Crippen LogP contribution >= 0.6 is 11.8 Å². The number of nitrogens with one attached hydrogen (secondary N) is 1. The van der Waals surface area contributed by atoms with Crippen molar-refractivity contribution in [2.75, 3.05) is 24.6 Å². The summed E-state index contributed by atoms with van der Waals surface area (Å²) in [4.78, 5) is 0. The Hall–Kier alpha value is 0.0500. The summed E-state index contributed by atoms with van der Waals surface area (Å²) in [5, 5.41) is 3.47. The van der Waals surface area contributed by atoms with E-state index in [-0.39, 0.29) is 0 Å². The molecule has 0 aliphatic carbocycles. The van der Waals surface area contributed by atoms with Crippen LogP contribution in [-0.4, -0.2) is 24.6 Å². The first-order valence-corrected chi connectivity index (χ1v) is 5.93. The van der Waals surface area contributed by atoms with Gasteiger partial charge in [-0.1, -0.05) is 19.1 Å². The number of hydrogen-bond acceptors (Lipinski definition) is 2. The lowest BCUT2D eigenvalue weighted by Crippen LogP contribution is -2.24. The van der Waals surface area contributed by atoms with Crippen molar-refractivity contribution in [3.8, 4) is 0 Å². The van der Waals surface area contributed by atoms with E-state index in [9.17, 15) is 0 Å². The third-order valence-electron chi connectivity index (χ3n) is 2.33. The topological polar surface area (TPSA) is 12.0 Å². The van der Waals surface area contributed by atoms with Crippen molar-refractivity contribution in [2.24, 2.45) is 5.92 Å². The van der Waals surface area contributed by atoms with Crippen LogP contribution in [0, 0.1) is 5.92 Å². The summed E-state index contributed by atoms with van der Waals surface area (Å²) in [5.74, 6) is 3.63. The Morgan fingerprint density at radius 3 is 3.08 bits per heavy atom. The minimum atomic E-state index is 0.916. The molecule has 0 aromatic carbocycles. The van der Waals surface area contributed by atoms with Gasteiger partial charge in [0.05, 0.1) is 0 Å². The van der Waals surface area contributed by atoms with Gasteiger partial charge in [0.15, 0.2) is 0 Å². The molecule has 1 nitrogen and oxygen atoms in total. The summed E-state index contributed by atoms with van der Waals surface area (Å²) in [7, 11) is 0. The van der Waals surface area contributed by atoms with Crippen LogP contribution < -0.4 is 5.32 Å². The molecular weight excluding hydrogens is 166 g/mol. The molecule has 0 saturated carbocycles. The first-order valence-electron chi connectivity index (χ1n) is 4.78. The molecule has 1 fully saturated rings. The molecule has 1 atom stereocenters. The van der Waals surface area contributed by atoms with Gasteiger partial charge in [0.25, 0.3) is 0 Å². The quantitative estimate of drug-likeness (QED) is 0.660. The van der Waals surface area contributed by atoms with E-state index >= 15 is 0 Å². The predicted octanol–water partition coefficient (Wildman–Crippen LogP) is 2.30. The lowest BCUT2D eigenvalue weighted by Gasteiger charge is -2.10. The van der Waals surface area contributed by atoms with E-state index in [1.54, 1.807) is 0 Å². The van der Waals surface area contributed by atoms with Gasteiger partial charge >= 0.3 is 0 Å². The summed E-state index contributed by atoms with van der Waals surface area (Å²) >= 11 is 2.08. The van der Waals surface area contributed by atoms with Crippen LogP contribution in [0.5, 0.6) is 0 Å². The number of thioether (sulfide) groups is 1. The van der Waals surface area contributed by atoms with E-state index in [1.807, 2.05) is 0 Å². The van der Waals surface area contributed by atoms with E-state index in [0.717, 1.165) is 18.9 Å². The summed E-state index contributed by atoms with van der Waals surface area (Å²) in [6.45, 7) is 8.33. The van der Waals surface area contributed by atoms with Crippen molar-refractivity contribution < 1.29 is 0 Å². The molecule has 1 saturated heterocycles. The summed E-state index contributed by atoms with van der Waals surface area (Å²) in [5.41, 5.74) is 1.32. The fraction of sp³-hybridized carbons (Fsp3) is 0.800. The van der Waals surface area contributed by atoms with E-state index in [0.29, 0.717) is 0 Å². The zero-order chi connectivity index (χ0) is 8.81. The van der Waals surface area contributed by atoms with Gasteiger partial charge in [-0.15, -0.1) is 0 Å². The molecule has 12 heavy (non-hydrogen) atoms. The molecule has 2 heteroatoms. The molecule has 1 aliphatic rings. The van der Waals surface area contributed by atoms with Crippen LogP contribution in [0.15, 0.2) is 12.2 Å². The van der Waals surface area contributed by atoms with Gasteiger partial charge in [-0.25, -0.2) is 0 Å². The highest BCUT2D eigenvalue weighted by atomic mass is 32.2. The van der Waals surface area contributed by atoms with Gasteiger partial charge < -0.3 is 5.32 Å². The van der Waals surface area contributed by atoms with Crippen molar-refractivity contribution in [3.05, 3.63) is 12.2 Å². The van der Waals surface area contributed by atoms with Gasteiger partial charge in [0.1, 0.15) is 0 Å². The average molecular weight is 185 g/mol. The lowest BCUT2D eigenvalue weighted by molar-refractivity contribution is 0.537. The Bertz CT molecular complexity index is 139. The molecule has 1 rings (SSSR count). The monoisotopic (exact) mass is 185 g/mol. The van der Waals surface area contributed by atoms with E-state index < -0.39 is 0 Å². The van der Waals surface area contributed by atoms with Crippen LogP contribution in [0.3, 0.4) is 0 Å². The van der Waals surface area contributed by atoms with Crippen molar-refractivity contribution in [3.63, 3.8) is 0 Å². The Morgan fingerprint density at radius 2 is 2.50 bits per heavy atom. The zero-order valence-corrected chi connectivity index (χ0v) is 8.75. The highest BCUT2D eigenvalue weighted by Crippen LogP contribution is 2.22. The maximum Gasteiger partial charge on any atom is 0.0161 e.